The van der Waals surface area contributed by atoms with Crippen LogP contribution < -0.4 is 4.74 Å². The summed E-state index contributed by atoms with van der Waals surface area (Å²) in [6, 6.07) is 15.1. The average molecular weight is 329 g/mol. The molecule has 1 nitrogen and oxygen atoms in total. The maximum atomic E-state index is 6.04. The maximum absolute atomic E-state index is 6.04. The van der Waals surface area contributed by atoms with Crippen molar-refractivity contribution in [3.05, 3.63) is 53.6 Å². The van der Waals surface area contributed by atoms with E-state index in [1.807, 2.05) is 0 Å². The van der Waals surface area contributed by atoms with Crippen molar-refractivity contribution in [3.8, 4) is 16.9 Å². The lowest BCUT2D eigenvalue weighted by Gasteiger charge is -2.21. The summed E-state index contributed by atoms with van der Waals surface area (Å²) in [5.74, 6) is 1.54. The summed E-state index contributed by atoms with van der Waals surface area (Å²) in [6.07, 6.45) is 3.83. The lowest BCUT2D eigenvalue weighted by atomic mass is 9.84. The third-order valence-electron chi connectivity index (χ3n) is 4.02. The molecule has 1 aliphatic rings. The van der Waals surface area contributed by atoms with Gasteiger partial charge in [0.25, 0.3) is 0 Å². The van der Waals surface area contributed by atoms with Crippen LogP contribution in [0.3, 0.4) is 0 Å². The topological polar surface area (TPSA) is 9.23 Å². The minimum atomic E-state index is 0.238. The molecule has 0 spiro atoms. The van der Waals surface area contributed by atoms with Crippen LogP contribution in [0.4, 0.5) is 0 Å². The molecule has 0 bridgehead atoms. The Bertz CT molecular complexity index is 680. The van der Waals surface area contributed by atoms with E-state index in [0.717, 1.165) is 12.2 Å². The minimum absolute atomic E-state index is 0.238. The molecule has 0 saturated heterocycles. The molecule has 0 heterocycles. The van der Waals surface area contributed by atoms with Gasteiger partial charge in [0.15, 0.2) is 0 Å². The maximum Gasteiger partial charge on any atom is 0.120 e. The quantitative estimate of drug-likeness (QED) is 0.592. The number of halogens is 1. The molecule has 0 N–H and O–H groups in total. The Labute approximate surface area is 144 Å². The molecule has 0 aliphatic heterocycles. The first kappa shape index (κ1) is 16.4. The van der Waals surface area contributed by atoms with E-state index in [1.54, 1.807) is 0 Å². The fourth-order valence-corrected chi connectivity index (χ4v) is 3.01. The van der Waals surface area contributed by atoms with Crippen LogP contribution in [-0.2, 0) is 12.3 Å². The second-order valence-corrected chi connectivity index (χ2v) is 7.97. The second-order valence-electron chi connectivity index (χ2n) is 7.71. The molecule has 0 amide bonds. The number of hydrogen-bond donors (Lipinski definition) is 0. The van der Waals surface area contributed by atoms with Gasteiger partial charge in [0.05, 0.1) is 6.10 Å². The molecule has 1 aliphatic carbocycles. The van der Waals surface area contributed by atoms with Crippen molar-refractivity contribution >= 4 is 11.6 Å². The van der Waals surface area contributed by atoms with E-state index in [4.69, 9.17) is 16.3 Å². The van der Waals surface area contributed by atoms with Crippen LogP contribution in [0.1, 0.15) is 44.7 Å². The van der Waals surface area contributed by atoms with Gasteiger partial charge in [0, 0.05) is 5.88 Å². The lowest BCUT2D eigenvalue weighted by Crippen LogP contribution is -2.10. The lowest BCUT2D eigenvalue weighted by molar-refractivity contribution is 0.303. The molecular formula is C21H25ClO. The van der Waals surface area contributed by atoms with Gasteiger partial charge in [-0.05, 0) is 59.1 Å². The molecule has 3 rings (SSSR count). The summed E-state index contributed by atoms with van der Waals surface area (Å²) >= 11 is 6.04. The van der Waals surface area contributed by atoms with Gasteiger partial charge >= 0.3 is 0 Å². The van der Waals surface area contributed by atoms with Crippen molar-refractivity contribution in [1.82, 2.24) is 0 Å². The highest BCUT2D eigenvalue weighted by molar-refractivity contribution is 6.17. The van der Waals surface area contributed by atoms with E-state index in [0.29, 0.717) is 12.0 Å². The number of alkyl halides is 1. The van der Waals surface area contributed by atoms with E-state index in [-0.39, 0.29) is 5.41 Å². The van der Waals surface area contributed by atoms with Crippen molar-refractivity contribution in [2.24, 2.45) is 5.41 Å². The Kier molecular flexibility index (Phi) is 4.68. The Hall–Kier alpha value is -1.47. The molecule has 23 heavy (non-hydrogen) atoms. The third kappa shape index (κ3) is 4.51. The molecule has 0 aromatic heterocycles. The molecule has 2 heteroatoms. The van der Waals surface area contributed by atoms with Crippen molar-refractivity contribution in [2.75, 3.05) is 0 Å². The Morgan fingerprint density at radius 1 is 1.09 bits per heavy atom. The zero-order valence-electron chi connectivity index (χ0n) is 14.2. The molecule has 1 saturated carbocycles. The molecule has 0 unspecified atom stereocenters. The van der Waals surface area contributed by atoms with Crippen LogP contribution in [0.2, 0.25) is 0 Å². The highest BCUT2D eigenvalue weighted by atomic mass is 35.5. The number of benzene rings is 2. The van der Waals surface area contributed by atoms with Crippen molar-refractivity contribution < 1.29 is 4.74 Å². The van der Waals surface area contributed by atoms with Gasteiger partial charge in [-0.25, -0.2) is 0 Å². The molecule has 2 aromatic rings. The molecule has 0 atom stereocenters. The third-order valence-corrected chi connectivity index (χ3v) is 4.33. The van der Waals surface area contributed by atoms with E-state index < -0.39 is 0 Å². The first-order chi connectivity index (χ1) is 10.9. The smallest absolute Gasteiger partial charge is 0.120 e. The van der Waals surface area contributed by atoms with Crippen LogP contribution in [0.5, 0.6) is 5.75 Å². The van der Waals surface area contributed by atoms with Crippen LogP contribution in [0.15, 0.2) is 42.5 Å². The monoisotopic (exact) mass is 328 g/mol. The fraction of sp³-hybridized carbons (Fsp3) is 0.429. The fourth-order valence-electron chi connectivity index (χ4n) is 2.84. The predicted molar refractivity (Wildman–Crippen MR) is 98.2 cm³/mol. The Morgan fingerprint density at radius 2 is 1.87 bits per heavy atom. The van der Waals surface area contributed by atoms with Crippen LogP contribution >= 0.6 is 11.6 Å². The van der Waals surface area contributed by atoms with Crippen LogP contribution in [0.25, 0.3) is 11.1 Å². The van der Waals surface area contributed by atoms with Crippen molar-refractivity contribution in [3.63, 3.8) is 0 Å². The standard InChI is InChI=1S/C21H25ClO/c1-21(2,3)13-17-11-15(14-22)7-10-20(17)16-5-4-6-19(12-16)23-18-8-9-18/h4-7,10-12,18H,8-9,13-14H2,1-3H3. The number of ether oxygens (including phenoxy) is 1. The van der Waals surface area contributed by atoms with Gasteiger partial charge in [-0.1, -0.05) is 51.1 Å². The minimum Gasteiger partial charge on any atom is -0.490 e. The van der Waals surface area contributed by atoms with Gasteiger partial charge in [0.2, 0.25) is 0 Å². The van der Waals surface area contributed by atoms with Gasteiger partial charge in [-0.2, -0.15) is 0 Å². The summed E-state index contributed by atoms with van der Waals surface area (Å²) in [5, 5.41) is 0. The van der Waals surface area contributed by atoms with Crippen molar-refractivity contribution in [2.45, 2.75) is 52.0 Å². The highest BCUT2D eigenvalue weighted by Crippen LogP contribution is 2.34. The average Bonchev–Trinajstić information content (AvgIpc) is 3.29. The van der Waals surface area contributed by atoms with Crippen LogP contribution in [-0.4, -0.2) is 6.10 Å². The normalized spacial score (nSPS) is 14.8. The summed E-state index contributed by atoms with van der Waals surface area (Å²) in [7, 11) is 0. The first-order valence-electron chi connectivity index (χ1n) is 8.39. The van der Waals surface area contributed by atoms with Gasteiger partial charge in [-0.3, -0.25) is 0 Å². The first-order valence-corrected chi connectivity index (χ1v) is 8.93. The largest absolute Gasteiger partial charge is 0.490 e. The van der Waals surface area contributed by atoms with Crippen molar-refractivity contribution in [1.29, 1.82) is 0 Å². The SMILES string of the molecule is CC(C)(C)Cc1cc(CCl)ccc1-c1cccc(OC2CC2)c1. The zero-order valence-corrected chi connectivity index (χ0v) is 15.0. The van der Waals surface area contributed by atoms with Crippen LogP contribution in [0, 0.1) is 5.41 Å². The Morgan fingerprint density at radius 3 is 2.52 bits per heavy atom. The molecule has 2 aromatic carbocycles. The molecule has 1 fully saturated rings. The van der Waals surface area contributed by atoms with Gasteiger partial charge in [-0.15, -0.1) is 11.6 Å². The summed E-state index contributed by atoms with van der Waals surface area (Å²) in [4.78, 5) is 0. The zero-order chi connectivity index (χ0) is 16.4. The molecule has 122 valence electrons. The molecular weight excluding hydrogens is 304 g/mol. The summed E-state index contributed by atoms with van der Waals surface area (Å²) in [6.45, 7) is 6.82. The second kappa shape index (κ2) is 6.57. The number of rotatable bonds is 5. The van der Waals surface area contributed by atoms with Gasteiger partial charge < -0.3 is 4.74 Å². The van der Waals surface area contributed by atoms with E-state index >= 15 is 0 Å². The Balaban J connectivity index is 1.97. The molecule has 0 radical (unpaired) electrons. The van der Waals surface area contributed by atoms with Gasteiger partial charge in [0.1, 0.15) is 5.75 Å². The summed E-state index contributed by atoms with van der Waals surface area (Å²) in [5.41, 5.74) is 5.29. The predicted octanol–water partition coefficient (Wildman–Crippen LogP) is 6.22. The van der Waals surface area contributed by atoms with E-state index in [1.165, 1.54) is 35.1 Å². The summed E-state index contributed by atoms with van der Waals surface area (Å²) < 4.78 is 5.95. The van der Waals surface area contributed by atoms with E-state index in [9.17, 15) is 0 Å². The highest BCUT2D eigenvalue weighted by Gasteiger charge is 2.23. The number of hydrogen-bond acceptors (Lipinski definition) is 1. The van der Waals surface area contributed by atoms with E-state index in [2.05, 4.69) is 63.2 Å².